The van der Waals surface area contributed by atoms with Gasteiger partial charge in [0.1, 0.15) is 5.01 Å². The minimum Gasteiger partial charge on any atom is -0.298 e. The highest BCUT2D eigenvalue weighted by molar-refractivity contribution is 7.11. The lowest BCUT2D eigenvalue weighted by atomic mass is 10.0. The molecule has 0 radical (unpaired) electrons. The molecule has 5 heteroatoms. The summed E-state index contributed by atoms with van der Waals surface area (Å²) in [6, 6.07) is 3.79. The number of ketones is 1. The fourth-order valence-electron chi connectivity index (χ4n) is 2.72. The molecule has 1 amide bonds. The van der Waals surface area contributed by atoms with Gasteiger partial charge in [-0.05, 0) is 44.9 Å². The highest BCUT2D eigenvalue weighted by Gasteiger charge is 2.37. The van der Waals surface area contributed by atoms with Gasteiger partial charge in [0.15, 0.2) is 0 Å². The highest BCUT2D eigenvalue weighted by Crippen LogP contribution is 2.35. The fraction of sp³-hybridized carbons (Fsp3) is 0.312. The van der Waals surface area contributed by atoms with Crippen LogP contribution in [0.3, 0.4) is 0 Å². The first-order valence-electron chi connectivity index (χ1n) is 6.79. The van der Waals surface area contributed by atoms with Gasteiger partial charge < -0.3 is 0 Å². The van der Waals surface area contributed by atoms with Gasteiger partial charge in [0, 0.05) is 4.88 Å². The Bertz CT molecular complexity index is 757. The van der Waals surface area contributed by atoms with Gasteiger partial charge >= 0.3 is 0 Å². The molecule has 0 spiro atoms. The number of carbonyl (C=O) groups is 2. The lowest BCUT2D eigenvalue weighted by Crippen LogP contribution is -2.29. The Kier molecular flexibility index (Phi) is 3.17. The van der Waals surface area contributed by atoms with E-state index >= 15 is 0 Å². The van der Waals surface area contributed by atoms with Crippen molar-refractivity contribution in [3.8, 4) is 0 Å². The first-order valence-corrected chi connectivity index (χ1v) is 7.60. The van der Waals surface area contributed by atoms with E-state index < -0.39 is 11.7 Å². The maximum atomic E-state index is 12.3. The van der Waals surface area contributed by atoms with Crippen LogP contribution in [0.5, 0.6) is 0 Å². The molecule has 0 atom stereocenters. The summed E-state index contributed by atoms with van der Waals surface area (Å²) in [5.41, 5.74) is 4.18. The topological polar surface area (TPSA) is 50.3 Å². The molecule has 2 heterocycles. The van der Waals surface area contributed by atoms with Crippen LogP contribution in [0.25, 0.3) is 0 Å². The molecule has 1 aromatic carbocycles. The molecule has 0 unspecified atom stereocenters. The smallest absolute Gasteiger partial charge is 0.298 e. The molecule has 1 aliphatic rings. The number of anilines is 1. The third kappa shape index (κ3) is 2.17. The Balaban J connectivity index is 2.05. The van der Waals surface area contributed by atoms with Gasteiger partial charge in [-0.3, -0.25) is 14.5 Å². The van der Waals surface area contributed by atoms with E-state index in [1.807, 2.05) is 33.8 Å². The third-order valence-corrected chi connectivity index (χ3v) is 4.82. The monoisotopic (exact) mass is 300 g/mol. The van der Waals surface area contributed by atoms with Crippen molar-refractivity contribution in [3.05, 3.63) is 44.4 Å². The maximum absolute atomic E-state index is 12.3. The quantitative estimate of drug-likeness (QED) is 0.801. The molecule has 1 aromatic heterocycles. The normalized spacial score (nSPS) is 14.0. The van der Waals surface area contributed by atoms with E-state index in [0.29, 0.717) is 12.1 Å². The standard InChI is InChI=1S/C16H16N2O2S/c1-8-5-9(2)14-12(6-8)15(19)16(20)18(14)7-13-17-10(3)11(4)21-13/h5-6H,7H2,1-4H3. The lowest BCUT2D eigenvalue weighted by Gasteiger charge is -2.17. The minimum atomic E-state index is -0.454. The van der Waals surface area contributed by atoms with E-state index in [9.17, 15) is 9.59 Å². The van der Waals surface area contributed by atoms with Crippen molar-refractivity contribution in [1.29, 1.82) is 0 Å². The van der Waals surface area contributed by atoms with Gasteiger partial charge in [-0.2, -0.15) is 0 Å². The van der Waals surface area contributed by atoms with Gasteiger partial charge in [0.05, 0.1) is 23.5 Å². The summed E-state index contributed by atoms with van der Waals surface area (Å²) in [5, 5.41) is 0.860. The Labute approximate surface area is 127 Å². The molecule has 4 nitrogen and oxygen atoms in total. The number of rotatable bonds is 2. The van der Waals surface area contributed by atoms with Gasteiger partial charge in [-0.25, -0.2) is 4.98 Å². The van der Waals surface area contributed by atoms with E-state index in [1.165, 1.54) is 0 Å². The minimum absolute atomic E-state index is 0.362. The van der Waals surface area contributed by atoms with E-state index in [0.717, 1.165) is 32.4 Å². The second-order valence-electron chi connectivity index (χ2n) is 5.45. The molecule has 0 saturated carbocycles. The van der Waals surface area contributed by atoms with Crippen molar-refractivity contribution < 1.29 is 9.59 Å². The molecule has 0 bridgehead atoms. The molecule has 108 valence electrons. The summed E-state index contributed by atoms with van der Waals surface area (Å²) in [6.45, 7) is 8.19. The van der Waals surface area contributed by atoms with Crippen LogP contribution >= 0.6 is 11.3 Å². The van der Waals surface area contributed by atoms with Gasteiger partial charge in [-0.1, -0.05) is 6.07 Å². The summed E-state index contributed by atoms with van der Waals surface area (Å²) < 4.78 is 0. The van der Waals surface area contributed by atoms with Crippen LogP contribution in [0.1, 0.15) is 37.1 Å². The predicted octanol–water partition coefficient (Wildman–Crippen LogP) is 3.11. The average Bonchev–Trinajstić information content (AvgIpc) is 2.83. The number of benzene rings is 1. The lowest BCUT2D eigenvalue weighted by molar-refractivity contribution is -0.114. The number of Topliss-reactive ketones (excluding diaryl/α,β-unsaturated/α-hetero) is 1. The molecular formula is C16H16N2O2S. The summed E-state index contributed by atoms with van der Waals surface area (Å²) in [5.74, 6) is -0.869. The zero-order chi connectivity index (χ0) is 15.3. The SMILES string of the molecule is Cc1cc(C)c2c(c1)C(=O)C(=O)N2Cc1nc(C)c(C)s1. The molecule has 2 aromatic rings. The second-order valence-corrected chi connectivity index (χ2v) is 6.74. The molecule has 0 fully saturated rings. The molecule has 3 rings (SSSR count). The number of thiazole rings is 1. The second kappa shape index (κ2) is 4.77. The first kappa shape index (κ1) is 13.9. The van der Waals surface area contributed by atoms with Gasteiger partial charge in [-0.15, -0.1) is 11.3 Å². The molecular weight excluding hydrogens is 284 g/mol. The largest absolute Gasteiger partial charge is 0.299 e. The summed E-state index contributed by atoms with van der Waals surface area (Å²) in [6.07, 6.45) is 0. The number of hydrogen-bond acceptors (Lipinski definition) is 4. The third-order valence-electron chi connectivity index (χ3n) is 3.76. The van der Waals surface area contributed by atoms with E-state index in [2.05, 4.69) is 4.98 Å². The van der Waals surface area contributed by atoms with Crippen molar-refractivity contribution in [2.24, 2.45) is 0 Å². The number of carbonyl (C=O) groups excluding carboxylic acids is 2. The molecule has 1 aliphatic heterocycles. The zero-order valence-corrected chi connectivity index (χ0v) is 13.3. The number of aryl methyl sites for hydroxylation is 4. The summed E-state index contributed by atoms with van der Waals surface area (Å²) in [4.78, 5) is 31.6. The fourth-order valence-corrected chi connectivity index (χ4v) is 3.65. The Hall–Kier alpha value is -2.01. The van der Waals surface area contributed by atoms with Crippen LogP contribution in [0.15, 0.2) is 12.1 Å². The zero-order valence-electron chi connectivity index (χ0n) is 12.5. The average molecular weight is 300 g/mol. The number of fused-ring (bicyclic) bond motifs is 1. The summed E-state index contributed by atoms with van der Waals surface area (Å²) in [7, 11) is 0. The summed E-state index contributed by atoms with van der Waals surface area (Å²) >= 11 is 1.57. The molecule has 21 heavy (non-hydrogen) atoms. The number of amides is 1. The Morgan fingerprint density at radius 1 is 1.14 bits per heavy atom. The van der Waals surface area contributed by atoms with Crippen LogP contribution in [0, 0.1) is 27.7 Å². The van der Waals surface area contributed by atoms with Gasteiger partial charge in [0.2, 0.25) is 0 Å². The number of nitrogens with zero attached hydrogens (tertiary/aromatic N) is 2. The van der Waals surface area contributed by atoms with Crippen LogP contribution in [-0.4, -0.2) is 16.7 Å². The van der Waals surface area contributed by atoms with Gasteiger partial charge in [0.25, 0.3) is 11.7 Å². The van der Waals surface area contributed by atoms with Crippen LogP contribution < -0.4 is 4.90 Å². The molecule has 0 N–H and O–H groups in total. The Morgan fingerprint density at radius 2 is 1.86 bits per heavy atom. The van der Waals surface area contributed by atoms with Crippen LogP contribution in [-0.2, 0) is 11.3 Å². The number of hydrogen-bond donors (Lipinski definition) is 0. The van der Waals surface area contributed by atoms with E-state index in [-0.39, 0.29) is 0 Å². The van der Waals surface area contributed by atoms with Crippen molar-refractivity contribution >= 4 is 28.7 Å². The Morgan fingerprint density at radius 3 is 2.48 bits per heavy atom. The van der Waals surface area contributed by atoms with Crippen LogP contribution in [0.4, 0.5) is 5.69 Å². The molecule has 0 aliphatic carbocycles. The van der Waals surface area contributed by atoms with E-state index in [1.54, 1.807) is 22.3 Å². The predicted molar refractivity (Wildman–Crippen MR) is 83.0 cm³/mol. The highest BCUT2D eigenvalue weighted by atomic mass is 32.1. The van der Waals surface area contributed by atoms with Crippen molar-refractivity contribution in [2.45, 2.75) is 34.2 Å². The van der Waals surface area contributed by atoms with Crippen molar-refractivity contribution in [3.63, 3.8) is 0 Å². The first-order chi connectivity index (χ1) is 9.88. The molecule has 0 saturated heterocycles. The van der Waals surface area contributed by atoms with Crippen LogP contribution in [0.2, 0.25) is 0 Å². The van der Waals surface area contributed by atoms with E-state index in [4.69, 9.17) is 0 Å². The number of aromatic nitrogens is 1. The maximum Gasteiger partial charge on any atom is 0.299 e. The van der Waals surface area contributed by atoms with Crippen molar-refractivity contribution in [1.82, 2.24) is 4.98 Å². The van der Waals surface area contributed by atoms with Crippen molar-refractivity contribution in [2.75, 3.05) is 4.90 Å².